The van der Waals surface area contributed by atoms with Crippen LogP contribution in [0.15, 0.2) is 77.6 Å². The summed E-state index contributed by atoms with van der Waals surface area (Å²) in [6, 6.07) is 23.0. The molecule has 14 nitrogen and oxygen atoms in total. The van der Waals surface area contributed by atoms with Gasteiger partial charge in [0.05, 0.1) is 29.0 Å². The lowest BCUT2D eigenvalue weighted by Gasteiger charge is -2.37. The number of aromatic nitrogens is 4. The summed E-state index contributed by atoms with van der Waals surface area (Å²) < 4.78 is 9.04. The number of fused-ring (bicyclic) bond motifs is 1. The van der Waals surface area contributed by atoms with Gasteiger partial charge in [0, 0.05) is 70.6 Å². The Morgan fingerprint density at radius 1 is 0.907 bits per heavy atom. The maximum atomic E-state index is 13.0. The molecular weight excluding hydrogens is 686 g/mol. The summed E-state index contributed by atoms with van der Waals surface area (Å²) in [5.41, 5.74) is 13.0. The molecular formula is C40H47N9O5. The normalized spacial score (nSPS) is 16.4. The van der Waals surface area contributed by atoms with Crippen molar-refractivity contribution >= 4 is 40.0 Å². The van der Waals surface area contributed by atoms with Crippen molar-refractivity contribution in [3.8, 4) is 17.0 Å². The van der Waals surface area contributed by atoms with Gasteiger partial charge in [-0.2, -0.15) is 0 Å². The highest BCUT2D eigenvalue weighted by molar-refractivity contribution is 6.00. The number of amides is 2. The molecule has 4 N–H and O–H groups in total. The van der Waals surface area contributed by atoms with E-state index in [0.717, 1.165) is 68.9 Å². The number of piperidine rings is 1. The van der Waals surface area contributed by atoms with Gasteiger partial charge < -0.3 is 25.4 Å². The third-order valence-corrected chi connectivity index (χ3v) is 10.4. The molecule has 1 atom stereocenters. The van der Waals surface area contributed by atoms with Crippen LogP contribution in [0, 0.1) is 0 Å². The number of phenolic OH excluding ortho intramolecular Hbond substituents is 1. The van der Waals surface area contributed by atoms with Crippen LogP contribution in [-0.4, -0.2) is 94.1 Å². The largest absolute Gasteiger partial charge is 0.507 e. The van der Waals surface area contributed by atoms with E-state index in [0.29, 0.717) is 42.2 Å². The maximum Gasteiger partial charge on any atom is 0.329 e. The van der Waals surface area contributed by atoms with E-state index in [1.165, 1.54) is 15.8 Å². The average molecular weight is 734 g/mol. The molecule has 2 fully saturated rings. The zero-order valence-electron chi connectivity index (χ0n) is 30.8. The number of ether oxygens (including phenoxy) is 1. The van der Waals surface area contributed by atoms with Gasteiger partial charge in [-0.3, -0.25) is 28.9 Å². The Kier molecular flexibility index (Phi) is 10.9. The SMILES string of the molecule is CN(CCOCCCc1ccc2c(c1)n(C)c(=O)n2C1CCC(=O)NC1=O)Cc1ccc(N2CCN(c3cc(-c4ccccc4O)nnc3N)CC2)cc1. The fourth-order valence-electron chi connectivity index (χ4n) is 7.37. The van der Waals surface area contributed by atoms with Crippen molar-refractivity contribution in [3.63, 3.8) is 0 Å². The molecule has 0 radical (unpaired) electrons. The second-order valence-corrected chi connectivity index (χ2v) is 14.1. The van der Waals surface area contributed by atoms with E-state index in [4.69, 9.17) is 10.5 Å². The van der Waals surface area contributed by atoms with E-state index in [9.17, 15) is 19.5 Å². The average Bonchev–Trinajstić information content (AvgIpc) is 3.42. The summed E-state index contributed by atoms with van der Waals surface area (Å²) in [6.07, 6.45) is 2.19. The molecule has 3 aromatic carbocycles. The molecule has 5 aromatic rings. The zero-order valence-corrected chi connectivity index (χ0v) is 30.8. The zero-order chi connectivity index (χ0) is 37.8. The number of nitrogens with one attached hydrogen (secondary N) is 1. The second-order valence-electron chi connectivity index (χ2n) is 14.1. The Morgan fingerprint density at radius 3 is 2.41 bits per heavy atom. The monoisotopic (exact) mass is 733 g/mol. The lowest BCUT2D eigenvalue weighted by Crippen LogP contribution is -2.46. The second kappa shape index (κ2) is 16.1. The molecule has 1 unspecified atom stereocenters. The summed E-state index contributed by atoms with van der Waals surface area (Å²) in [7, 11) is 3.81. The van der Waals surface area contributed by atoms with Crippen molar-refractivity contribution in [1.82, 2.24) is 29.5 Å². The molecule has 0 saturated carbocycles. The van der Waals surface area contributed by atoms with E-state index in [2.05, 4.69) is 61.5 Å². The minimum absolute atomic E-state index is 0.161. The van der Waals surface area contributed by atoms with Gasteiger partial charge in [0.2, 0.25) is 11.8 Å². The Hall–Kier alpha value is -5.73. The van der Waals surface area contributed by atoms with Gasteiger partial charge in [-0.15, -0.1) is 10.2 Å². The van der Waals surface area contributed by atoms with Crippen LogP contribution in [0.1, 0.15) is 36.4 Å². The fraction of sp³-hybridized carbons (Fsp3) is 0.375. The number of benzene rings is 3. The number of anilines is 3. The molecule has 54 heavy (non-hydrogen) atoms. The van der Waals surface area contributed by atoms with Gasteiger partial charge in [0.1, 0.15) is 11.8 Å². The van der Waals surface area contributed by atoms with E-state index in [-0.39, 0.29) is 23.8 Å². The van der Waals surface area contributed by atoms with Crippen molar-refractivity contribution in [3.05, 3.63) is 94.4 Å². The van der Waals surface area contributed by atoms with Gasteiger partial charge in [-0.25, -0.2) is 4.79 Å². The number of para-hydroxylation sites is 1. The summed E-state index contributed by atoms with van der Waals surface area (Å²) in [4.78, 5) is 44.0. The van der Waals surface area contributed by atoms with E-state index < -0.39 is 11.9 Å². The number of nitrogens with zero attached hydrogens (tertiary/aromatic N) is 7. The molecule has 2 amide bonds. The first-order chi connectivity index (χ1) is 26.2. The molecule has 0 aliphatic carbocycles. The topological polar surface area (TPSA) is 164 Å². The quantitative estimate of drug-likeness (QED) is 0.120. The van der Waals surface area contributed by atoms with Crippen LogP contribution < -0.4 is 26.5 Å². The number of hydrogen-bond acceptors (Lipinski definition) is 11. The molecule has 0 spiro atoms. The first-order valence-electron chi connectivity index (χ1n) is 18.5. The Labute approximate surface area is 313 Å². The number of imide groups is 1. The maximum absolute atomic E-state index is 13.0. The number of nitrogens with two attached hydrogens (primary N) is 1. The van der Waals surface area contributed by atoms with E-state index >= 15 is 0 Å². The molecule has 7 rings (SSSR count). The summed E-state index contributed by atoms with van der Waals surface area (Å²) >= 11 is 0. The van der Waals surface area contributed by atoms with Crippen LogP contribution >= 0.6 is 0 Å². The number of likely N-dealkylation sites (N-methyl/N-ethyl adjacent to an activating group) is 1. The number of carbonyl (C=O) groups excluding carboxylic acids is 2. The molecule has 2 saturated heterocycles. The van der Waals surface area contributed by atoms with E-state index in [1.54, 1.807) is 23.7 Å². The third-order valence-electron chi connectivity index (χ3n) is 10.4. The van der Waals surface area contributed by atoms with Crippen molar-refractivity contribution in [2.24, 2.45) is 7.05 Å². The van der Waals surface area contributed by atoms with Crippen molar-refractivity contribution in [1.29, 1.82) is 0 Å². The first-order valence-corrected chi connectivity index (χ1v) is 18.5. The lowest BCUT2D eigenvalue weighted by atomic mass is 10.1. The highest BCUT2D eigenvalue weighted by atomic mass is 16.5. The summed E-state index contributed by atoms with van der Waals surface area (Å²) in [5.74, 6) is -0.188. The number of imidazole rings is 1. The van der Waals surface area contributed by atoms with Gasteiger partial charge in [0.25, 0.3) is 0 Å². The molecule has 0 bridgehead atoms. The predicted octanol–water partition coefficient (Wildman–Crippen LogP) is 3.47. The first kappa shape index (κ1) is 36.6. The fourth-order valence-corrected chi connectivity index (χ4v) is 7.37. The minimum Gasteiger partial charge on any atom is -0.507 e. The smallest absolute Gasteiger partial charge is 0.329 e. The Bertz CT molecular complexity index is 2190. The van der Waals surface area contributed by atoms with Crippen LogP contribution in [0.3, 0.4) is 0 Å². The molecule has 14 heteroatoms. The lowest BCUT2D eigenvalue weighted by molar-refractivity contribution is -0.135. The number of aromatic hydroxyl groups is 1. The number of piperazine rings is 1. The number of nitrogen functional groups attached to an aromatic ring is 1. The van der Waals surface area contributed by atoms with E-state index in [1.807, 2.05) is 36.4 Å². The number of carbonyl (C=O) groups is 2. The predicted molar refractivity (Wildman–Crippen MR) is 208 cm³/mol. The van der Waals surface area contributed by atoms with Gasteiger partial charge in [-0.05, 0) is 79.9 Å². The van der Waals surface area contributed by atoms with Crippen LogP contribution in [0.5, 0.6) is 5.75 Å². The van der Waals surface area contributed by atoms with Crippen molar-refractivity contribution in [2.45, 2.75) is 38.3 Å². The summed E-state index contributed by atoms with van der Waals surface area (Å²) in [6.45, 7) is 6.16. The van der Waals surface area contributed by atoms with Crippen LogP contribution in [-0.2, 0) is 34.3 Å². The highest BCUT2D eigenvalue weighted by Crippen LogP contribution is 2.32. The van der Waals surface area contributed by atoms with Crippen LogP contribution in [0.4, 0.5) is 17.2 Å². The highest BCUT2D eigenvalue weighted by Gasteiger charge is 2.31. The Morgan fingerprint density at radius 2 is 1.65 bits per heavy atom. The molecule has 2 aliphatic rings. The number of hydrogen-bond donors (Lipinski definition) is 3. The number of rotatable bonds is 13. The molecule has 2 aromatic heterocycles. The third kappa shape index (κ3) is 7.94. The number of aryl methyl sites for hydroxylation is 2. The van der Waals surface area contributed by atoms with Gasteiger partial charge in [0.15, 0.2) is 5.82 Å². The van der Waals surface area contributed by atoms with Crippen LogP contribution in [0.25, 0.3) is 22.3 Å². The molecule has 4 heterocycles. The molecule has 2 aliphatic heterocycles. The summed E-state index contributed by atoms with van der Waals surface area (Å²) in [5, 5.41) is 21.0. The Balaban J connectivity index is 0.830. The van der Waals surface area contributed by atoms with Crippen LogP contribution in [0.2, 0.25) is 0 Å². The standard InChI is InChI=1S/C40H47N9O5/c1-45(21-23-54-22-5-6-27-11-14-32-34(24-27)46(2)40(53)49(32)33-15-16-37(51)42-39(33)52)26-28-9-12-29(13-10-28)47-17-19-48(20-18-47)35-25-31(43-44-38(35)41)30-7-3-4-8-36(30)50/h3-4,7-14,24-25,33,50H,5-6,15-23,26H2,1-2H3,(H2,41,44)(H,42,51,52). The van der Waals surface area contributed by atoms with Gasteiger partial charge >= 0.3 is 5.69 Å². The van der Waals surface area contributed by atoms with Crippen molar-refractivity contribution < 1.29 is 19.4 Å². The molecule has 282 valence electrons. The van der Waals surface area contributed by atoms with Crippen molar-refractivity contribution in [2.75, 3.05) is 68.5 Å². The minimum atomic E-state index is -0.685. The number of phenols is 1. The van der Waals surface area contributed by atoms with Gasteiger partial charge in [-0.1, -0.05) is 30.3 Å².